The average Bonchev–Trinajstić information content (AvgIpc) is 2.15. The predicted octanol–water partition coefficient (Wildman–Crippen LogP) is 1.69. The summed E-state index contributed by atoms with van der Waals surface area (Å²) < 4.78 is 0. The molecule has 2 N–H and O–H groups in total. The van der Waals surface area contributed by atoms with E-state index in [4.69, 9.17) is 5.73 Å². The van der Waals surface area contributed by atoms with Crippen LogP contribution in [0.15, 0.2) is 41.5 Å². The average molecular weight is 160 g/mol. The second-order valence-electron chi connectivity index (χ2n) is 2.38. The summed E-state index contributed by atoms with van der Waals surface area (Å²) in [5.41, 5.74) is 7.47. The molecule has 0 bridgehead atoms. The quantitative estimate of drug-likeness (QED) is 0.657. The van der Waals surface area contributed by atoms with Gasteiger partial charge in [-0.3, -0.25) is 4.99 Å². The first-order valence-corrected chi connectivity index (χ1v) is 3.78. The summed E-state index contributed by atoms with van der Waals surface area (Å²) in [6.07, 6.45) is 3.30. The van der Waals surface area contributed by atoms with Crippen LogP contribution in [-0.2, 0) is 0 Å². The molecule has 0 unspecified atom stereocenters. The molecule has 12 heavy (non-hydrogen) atoms. The lowest BCUT2D eigenvalue weighted by Crippen LogP contribution is -1.90. The van der Waals surface area contributed by atoms with Crippen molar-refractivity contribution in [1.29, 1.82) is 0 Å². The highest BCUT2D eigenvalue weighted by molar-refractivity contribution is 6.09. The molecule has 2 heteroatoms. The van der Waals surface area contributed by atoms with E-state index < -0.39 is 0 Å². The molecule has 1 aromatic rings. The lowest BCUT2D eigenvalue weighted by atomic mass is 10.1. The molecule has 0 aromatic heterocycles. The van der Waals surface area contributed by atoms with E-state index in [0.29, 0.717) is 0 Å². The predicted molar refractivity (Wildman–Crippen MR) is 53.0 cm³/mol. The summed E-state index contributed by atoms with van der Waals surface area (Å²) >= 11 is 0. The van der Waals surface area contributed by atoms with Crippen LogP contribution in [0.2, 0.25) is 0 Å². The molecule has 0 aliphatic rings. The van der Waals surface area contributed by atoms with Crippen LogP contribution in [0.1, 0.15) is 5.56 Å². The number of hydrogen-bond acceptors (Lipinski definition) is 2. The SMILES string of the molecule is CN=CC(=CN)c1ccccc1. The van der Waals surface area contributed by atoms with Gasteiger partial charge in [0.2, 0.25) is 0 Å². The third-order valence-corrected chi connectivity index (χ3v) is 1.55. The Hall–Kier alpha value is -1.57. The van der Waals surface area contributed by atoms with Gasteiger partial charge in [0.05, 0.1) is 0 Å². The van der Waals surface area contributed by atoms with Gasteiger partial charge in [0.25, 0.3) is 0 Å². The van der Waals surface area contributed by atoms with E-state index in [9.17, 15) is 0 Å². The zero-order chi connectivity index (χ0) is 8.81. The molecule has 0 fully saturated rings. The van der Waals surface area contributed by atoms with Crippen LogP contribution < -0.4 is 5.73 Å². The van der Waals surface area contributed by atoms with Gasteiger partial charge >= 0.3 is 0 Å². The van der Waals surface area contributed by atoms with Crippen LogP contribution >= 0.6 is 0 Å². The Morgan fingerprint density at radius 2 is 2.00 bits per heavy atom. The number of nitrogens with zero attached hydrogens (tertiary/aromatic N) is 1. The Kier molecular flexibility index (Phi) is 3.08. The molecule has 1 aromatic carbocycles. The van der Waals surface area contributed by atoms with E-state index in [1.165, 1.54) is 0 Å². The molecule has 0 heterocycles. The number of hydrogen-bond donors (Lipinski definition) is 1. The van der Waals surface area contributed by atoms with Crippen LogP contribution in [0, 0.1) is 0 Å². The van der Waals surface area contributed by atoms with E-state index in [2.05, 4.69) is 4.99 Å². The fraction of sp³-hybridized carbons (Fsp3) is 0.100. The van der Waals surface area contributed by atoms with Crippen LogP contribution in [0.25, 0.3) is 5.57 Å². The number of rotatable bonds is 2. The van der Waals surface area contributed by atoms with E-state index in [1.807, 2.05) is 30.3 Å². The van der Waals surface area contributed by atoms with Crippen molar-refractivity contribution < 1.29 is 0 Å². The lowest BCUT2D eigenvalue weighted by Gasteiger charge is -1.98. The van der Waals surface area contributed by atoms with Gasteiger partial charge in [0.15, 0.2) is 0 Å². The molecule has 0 saturated heterocycles. The minimum absolute atomic E-state index is 0.943. The maximum absolute atomic E-state index is 5.44. The molecule has 1 rings (SSSR count). The van der Waals surface area contributed by atoms with Gasteiger partial charge in [0, 0.05) is 25.0 Å². The monoisotopic (exact) mass is 160 g/mol. The van der Waals surface area contributed by atoms with Crippen molar-refractivity contribution in [3.63, 3.8) is 0 Å². The Balaban J connectivity index is 2.97. The molecular formula is C10H12N2. The van der Waals surface area contributed by atoms with Crippen molar-refractivity contribution >= 4 is 11.8 Å². The fourth-order valence-electron chi connectivity index (χ4n) is 0.983. The van der Waals surface area contributed by atoms with Crippen molar-refractivity contribution in [3.05, 3.63) is 42.1 Å². The normalized spacial score (nSPS) is 12.2. The summed E-state index contributed by atoms with van der Waals surface area (Å²) in [7, 11) is 1.73. The minimum atomic E-state index is 0.943. The standard InChI is InChI=1S/C10H12N2/c1-12-8-10(7-11)9-5-3-2-4-6-9/h2-8H,11H2,1H3. The van der Waals surface area contributed by atoms with E-state index in [1.54, 1.807) is 19.5 Å². The summed E-state index contributed by atoms with van der Waals surface area (Å²) in [5, 5.41) is 0. The van der Waals surface area contributed by atoms with Crippen LogP contribution in [0.5, 0.6) is 0 Å². The Morgan fingerprint density at radius 3 is 2.50 bits per heavy atom. The van der Waals surface area contributed by atoms with Gasteiger partial charge in [-0.2, -0.15) is 0 Å². The molecule has 0 saturated carbocycles. The molecule has 0 spiro atoms. The molecule has 2 nitrogen and oxygen atoms in total. The van der Waals surface area contributed by atoms with Crippen LogP contribution in [0.4, 0.5) is 0 Å². The minimum Gasteiger partial charge on any atom is -0.404 e. The largest absolute Gasteiger partial charge is 0.404 e. The molecule has 0 atom stereocenters. The number of benzene rings is 1. The van der Waals surface area contributed by atoms with Gasteiger partial charge in [0.1, 0.15) is 0 Å². The van der Waals surface area contributed by atoms with Gasteiger partial charge in [-0.05, 0) is 5.56 Å². The van der Waals surface area contributed by atoms with Gasteiger partial charge < -0.3 is 5.73 Å². The van der Waals surface area contributed by atoms with Crippen molar-refractivity contribution in [2.24, 2.45) is 10.7 Å². The van der Waals surface area contributed by atoms with E-state index >= 15 is 0 Å². The highest BCUT2D eigenvalue weighted by Gasteiger charge is 1.94. The molecular weight excluding hydrogens is 148 g/mol. The van der Waals surface area contributed by atoms with E-state index in [-0.39, 0.29) is 0 Å². The van der Waals surface area contributed by atoms with Crippen LogP contribution in [0.3, 0.4) is 0 Å². The summed E-state index contributed by atoms with van der Waals surface area (Å²) in [4.78, 5) is 3.91. The smallest absolute Gasteiger partial charge is 0.0301 e. The van der Waals surface area contributed by atoms with Gasteiger partial charge in [-0.25, -0.2) is 0 Å². The van der Waals surface area contributed by atoms with Crippen molar-refractivity contribution in [2.45, 2.75) is 0 Å². The highest BCUT2D eigenvalue weighted by atomic mass is 14.6. The third kappa shape index (κ3) is 1.95. The zero-order valence-electron chi connectivity index (χ0n) is 7.07. The van der Waals surface area contributed by atoms with Crippen LogP contribution in [-0.4, -0.2) is 13.3 Å². The second-order valence-corrected chi connectivity index (χ2v) is 2.38. The highest BCUT2D eigenvalue weighted by Crippen LogP contribution is 2.09. The first kappa shape index (κ1) is 8.53. The topological polar surface area (TPSA) is 38.4 Å². The fourth-order valence-corrected chi connectivity index (χ4v) is 0.983. The van der Waals surface area contributed by atoms with Crippen molar-refractivity contribution in [2.75, 3.05) is 7.05 Å². The third-order valence-electron chi connectivity index (χ3n) is 1.55. The van der Waals surface area contributed by atoms with Crippen molar-refractivity contribution in [1.82, 2.24) is 0 Å². The Morgan fingerprint density at radius 1 is 1.33 bits per heavy atom. The van der Waals surface area contributed by atoms with E-state index in [0.717, 1.165) is 11.1 Å². The molecule has 0 radical (unpaired) electrons. The zero-order valence-corrected chi connectivity index (χ0v) is 7.07. The molecule has 62 valence electrons. The summed E-state index contributed by atoms with van der Waals surface area (Å²) in [6, 6.07) is 9.92. The Labute approximate surface area is 72.4 Å². The summed E-state index contributed by atoms with van der Waals surface area (Å²) in [6.45, 7) is 0. The molecule has 0 amide bonds. The number of aliphatic imine (C=N–C) groups is 1. The summed E-state index contributed by atoms with van der Waals surface area (Å²) in [5.74, 6) is 0. The Bertz CT molecular complexity index is 286. The maximum atomic E-state index is 5.44. The van der Waals surface area contributed by atoms with Crippen molar-refractivity contribution in [3.8, 4) is 0 Å². The molecule has 0 aliphatic heterocycles. The second kappa shape index (κ2) is 4.34. The first-order chi connectivity index (χ1) is 5.88. The lowest BCUT2D eigenvalue weighted by molar-refractivity contribution is 1.47. The van der Waals surface area contributed by atoms with Gasteiger partial charge in [-0.15, -0.1) is 0 Å². The number of nitrogens with two attached hydrogens (primary N) is 1. The number of allylic oxidation sites excluding steroid dienone is 1. The molecule has 0 aliphatic carbocycles. The maximum Gasteiger partial charge on any atom is 0.0301 e. The van der Waals surface area contributed by atoms with Gasteiger partial charge in [-0.1, -0.05) is 30.3 Å². The first-order valence-electron chi connectivity index (χ1n) is 3.78.